The molecule has 0 rings (SSSR count). The molecule has 0 heterocycles. The first kappa shape index (κ1) is 21.1. The fraction of sp³-hybridized carbons (Fsp3) is 0.333. The molecule has 3 N–H and O–H groups in total. The minimum atomic E-state index is -1.36. The number of hydrogen-bond acceptors (Lipinski definition) is 5. The lowest BCUT2D eigenvalue weighted by molar-refractivity contribution is -0.695. The number of carbonyl (C=O) groups is 4. The van der Waals surface area contributed by atoms with E-state index in [1.807, 2.05) is 0 Å². The van der Waals surface area contributed by atoms with Crippen LogP contribution in [-0.2, 0) is 19.1 Å². The van der Waals surface area contributed by atoms with Crippen molar-refractivity contribution in [1.29, 1.82) is 0 Å². The van der Waals surface area contributed by atoms with Gasteiger partial charge in [-0.3, -0.25) is 0 Å². The molecule has 0 aliphatic heterocycles. The summed E-state index contributed by atoms with van der Waals surface area (Å²) in [5.41, 5.74) is -0.897. The van der Waals surface area contributed by atoms with E-state index < -0.39 is 28.5 Å². The highest BCUT2D eigenvalue weighted by molar-refractivity contribution is 5.88. The summed E-state index contributed by atoms with van der Waals surface area (Å²) in [6, 6.07) is 0. The van der Waals surface area contributed by atoms with Crippen LogP contribution >= 0.6 is 0 Å². The van der Waals surface area contributed by atoms with Crippen molar-refractivity contribution in [3.8, 4) is 0 Å². The molecule has 0 bridgehead atoms. The first-order valence-corrected chi connectivity index (χ1v) is 6.80. The van der Waals surface area contributed by atoms with E-state index in [0.29, 0.717) is 0 Å². The van der Waals surface area contributed by atoms with Gasteiger partial charge < -0.3 is 20.1 Å². The predicted octanol–water partition coefficient (Wildman–Crippen LogP) is 1.92. The third kappa shape index (κ3) is 5.69. The van der Waals surface area contributed by atoms with Crippen molar-refractivity contribution in [1.82, 2.24) is 0 Å². The van der Waals surface area contributed by atoms with Crippen LogP contribution in [0.4, 0.5) is 4.79 Å². The van der Waals surface area contributed by atoms with Gasteiger partial charge in [-0.05, 0) is 27.7 Å². The second-order valence-corrected chi connectivity index (χ2v) is 4.89. The number of aliphatic carboxylic acids is 3. The van der Waals surface area contributed by atoms with Gasteiger partial charge >= 0.3 is 24.0 Å². The molecule has 0 aromatic carbocycles. The van der Waals surface area contributed by atoms with Gasteiger partial charge in [-0.15, -0.1) is 4.48 Å². The third-order valence-electron chi connectivity index (χ3n) is 2.82. The van der Waals surface area contributed by atoms with Gasteiger partial charge in [0.1, 0.15) is 18.6 Å². The van der Waals surface area contributed by atoms with Gasteiger partial charge in [-0.1, -0.05) is 0 Å². The monoisotopic (exact) mass is 342 g/mol. The van der Waals surface area contributed by atoms with Crippen LogP contribution in [0.15, 0.2) is 35.3 Å². The fourth-order valence-electron chi connectivity index (χ4n) is 1.63. The second-order valence-electron chi connectivity index (χ2n) is 4.89. The summed E-state index contributed by atoms with van der Waals surface area (Å²) in [6.07, 6.45) is 1.66. The predicted molar refractivity (Wildman–Crippen MR) is 81.5 cm³/mol. The summed E-state index contributed by atoms with van der Waals surface area (Å²) in [4.78, 5) is 45.7. The van der Waals surface area contributed by atoms with Crippen LogP contribution in [-0.4, -0.2) is 50.4 Å². The van der Waals surface area contributed by atoms with Crippen LogP contribution in [0.2, 0.25) is 0 Å². The van der Waals surface area contributed by atoms with Crippen LogP contribution < -0.4 is 0 Å². The molecule has 0 aromatic rings. The SMILES string of the molecule is CCOC(=O)[N+](C=C(C)C(=O)O)(C=C(C)C(=O)O)C=C(C)C(=O)O. The Kier molecular flexibility index (Phi) is 7.57. The van der Waals surface area contributed by atoms with Crippen LogP contribution in [0.1, 0.15) is 27.7 Å². The molecule has 0 aromatic heterocycles. The van der Waals surface area contributed by atoms with Crippen LogP contribution in [0.25, 0.3) is 0 Å². The Morgan fingerprint density at radius 1 is 0.792 bits per heavy atom. The fourth-order valence-corrected chi connectivity index (χ4v) is 1.63. The van der Waals surface area contributed by atoms with E-state index in [9.17, 15) is 19.2 Å². The maximum absolute atomic E-state index is 12.4. The largest absolute Gasteiger partial charge is 0.530 e. The first-order valence-electron chi connectivity index (χ1n) is 6.80. The van der Waals surface area contributed by atoms with Gasteiger partial charge in [0.25, 0.3) is 0 Å². The van der Waals surface area contributed by atoms with Crippen molar-refractivity contribution in [3.05, 3.63) is 35.3 Å². The molecule has 0 saturated heterocycles. The molecule has 0 radical (unpaired) electrons. The van der Waals surface area contributed by atoms with Gasteiger partial charge in [-0.25, -0.2) is 14.4 Å². The van der Waals surface area contributed by atoms with Crippen molar-refractivity contribution >= 4 is 24.0 Å². The Labute approximate surface area is 138 Å². The van der Waals surface area contributed by atoms with E-state index in [1.54, 1.807) is 0 Å². The van der Waals surface area contributed by atoms with Crippen molar-refractivity contribution in [2.75, 3.05) is 6.61 Å². The van der Waals surface area contributed by atoms with Crippen LogP contribution in [0.5, 0.6) is 0 Å². The molecule has 24 heavy (non-hydrogen) atoms. The number of carboxylic acid groups (broad SMARTS) is 3. The van der Waals surface area contributed by atoms with E-state index in [1.165, 1.54) is 27.7 Å². The van der Waals surface area contributed by atoms with Crippen molar-refractivity contribution in [2.45, 2.75) is 27.7 Å². The van der Waals surface area contributed by atoms with E-state index in [2.05, 4.69) is 0 Å². The zero-order valence-electron chi connectivity index (χ0n) is 13.8. The molecule has 0 aliphatic rings. The van der Waals surface area contributed by atoms with Gasteiger partial charge in [0, 0.05) is 0 Å². The molecule has 0 spiro atoms. The highest BCUT2D eigenvalue weighted by atomic mass is 16.6. The molecule has 0 fully saturated rings. The number of nitrogens with zero attached hydrogens (tertiary/aromatic N) is 1. The topological polar surface area (TPSA) is 138 Å². The average Bonchev–Trinajstić information content (AvgIpc) is 2.46. The highest BCUT2D eigenvalue weighted by Crippen LogP contribution is 2.21. The summed E-state index contributed by atoms with van der Waals surface area (Å²) in [5.74, 6) is -4.07. The normalized spacial score (nSPS) is 15.4. The smallest absolute Gasteiger partial charge is 0.478 e. The van der Waals surface area contributed by atoms with E-state index in [4.69, 9.17) is 20.1 Å². The number of ether oxygens (including phenoxy) is 1. The molecule has 0 atom stereocenters. The van der Waals surface area contributed by atoms with E-state index in [-0.39, 0.29) is 23.3 Å². The molecule has 9 nitrogen and oxygen atoms in total. The minimum absolute atomic E-state index is 0.0707. The van der Waals surface area contributed by atoms with Crippen molar-refractivity contribution < 1.29 is 43.7 Å². The standard InChI is InChI=1S/C15H19NO8/c1-5-24-15(23)16(6-9(2)12(17)18,7-10(3)13(19)20)8-11(4)14(21)22/h6-8H,5H2,1-4H3,(H2-,17,18,19,20,21,22)/p+1. The van der Waals surface area contributed by atoms with Gasteiger partial charge in [-0.2, -0.15) is 4.79 Å². The number of amides is 1. The van der Waals surface area contributed by atoms with Gasteiger partial charge in [0.05, 0.1) is 23.3 Å². The Morgan fingerprint density at radius 3 is 1.29 bits per heavy atom. The molecule has 0 aliphatic carbocycles. The van der Waals surface area contributed by atoms with Gasteiger partial charge in [0.2, 0.25) is 0 Å². The van der Waals surface area contributed by atoms with Crippen molar-refractivity contribution in [3.63, 3.8) is 0 Å². The van der Waals surface area contributed by atoms with Crippen LogP contribution in [0, 0.1) is 0 Å². The molecular weight excluding hydrogens is 322 g/mol. The lowest BCUT2D eigenvalue weighted by Gasteiger charge is -2.23. The first-order chi connectivity index (χ1) is 11.0. The maximum Gasteiger partial charge on any atom is 0.530 e. The zero-order valence-corrected chi connectivity index (χ0v) is 13.8. The highest BCUT2D eigenvalue weighted by Gasteiger charge is 2.37. The quantitative estimate of drug-likeness (QED) is 0.471. The summed E-state index contributed by atoms with van der Waals surface area (Å²) >= 11 is 0. The Morgan fingerprint density at radius 2 is 1.08 bits per heavy atom. The Bertz CT molecular complexity index is 568. The Hall–Kier alpha value is -2.94. The lowest BCUT2D eigenvalue weighted by Crippen LogP contribution is -2.41. The lowest BCUT2D eigenvalue weighted by atomic mass is 10.2. The van der Waals surface area contributed by atoms with Crippen molar-refractivity contribution in [2.24, 2.45) is 0 Å². The molecule has 9 heteroatoms. The Balaban J connectivity index is 6.70. The number of carbonyl (C=O) groups excluding carboxylic acids is 1. The van der Waals surface area contributed by atoms with Gasteiger partial charge in [0.15, 0.2) is 0 Å². The molecule has 0 unspecified atom stereocenters. The molecular formula is C15H20NO8+. The number of quaternary nitrogens is 1. The summed E-state index contributed by atoms with van der Waals surface area (Å²) in [5, 5.41) is 27.1. The minimum Gasteiger partial charge on any atom is -0.478 e. The summed E-state index contributed by atoms with van der Waals surface area (Å²) in [7, 11) is 0. The zero-order chi connectivity index (χ0) is 19.1. The van der Waals surface area contributed by atoms with Crippen LogP contribution in [0.3, 0.4) is 0 Å². The van der Waals surface area contributed by atoms with E-state index >= 15 is 0 Å². The average molecular weight is 342 g/mol. The molecule has 1 amide bonds. The summed E-state index contributed by atoms with van der Waals surface area (Å²) < 4.78 is 3.72. The number of rotatable bonds is 7. The molecule has 0 saturated carbocycles. The number of hydrogen-bond donors (Lipinski definition) is 3. The molecule has 132 valence electrons. The second kappa shape index (κ2) is 8.63. The summed E-state index contributed by atoms with van der Waals surface area (Å²) in [6.45, 7) is 4.98. The van der Waals surface area contributed by atoms with E-state index in [0.717, 1.165) is 18.6 Å². The maximum atomic E-state index is 12.4. The third-order valence-corrected chi connectivity index (χ3v) is 2.82. The number of carboxylic acids is 3.